The summed E-state index contributed by atoms with van der Waals surface area (Å²) in [6.07, 6.45) is 3.07. The summed E-state index contributed by atoms with van der Waals surface area (Å²) in [4.78, 5) is 20.7. The molecule has 0 radical (unpaired) electrons. The minimum absolute atomic E-state index is 0.399. The predicted octanol–water partition coefficient (Wildman–Crippen LogP) is 3.18. The number of ether oxygens (including phenoxy) is 1. The normalized spacial score (nSPS) is 11.1. The van der Waals surface area contributed by atoms with Crippen LogP contribution in [0.2, 0.25) is 0 Å². The van der Waals surface area contributed by atoms with Gasteiger partial charge in [-0.25, -0.2) is 19.3 Å². The van der Waals surface area contributed by atoms with E-state index in [9.17, 15) is 4.79 Å². The van der Waals surface area contributed by atoms with E-state index in [2.05, 4.69) is 20.4 Å². The van der Waals surface area contributed by atoms with Gasteiger partial charge in [-0.1, -0.05) is 23.5 Å². The van der Waals surface area contributed by atoms with Crippen molar-refractivity contribution in [2.24, 2.45) is 0 Å². The quantitative estimate of drug-likeness (QED) is 0.577. The maximum Gasteiger partial charge on any atom is 0.339 e. The number of aryl methyl sites for hydroxylation is 1. The molecule has 1 N–H and O–H groups in total. The van der Waals surface area contributed by atoms with Gasteiger partial charge in [0.2, 0.25) is 0 Å². The average molecular weight is 339 g/mol. The van der Waals surface area contributed by atoms with Gasteiger partial charge in [-0.3, -0.25) is 0 Å². The number of esters is 1. The Morgan fingerprint density at radius 1 is 1.33 bits per heavy atom. The maximum atomic E-state index is 11.9. The Morgan fingerprint density at radius 2 is 2.17 bits per heavy atom. The molecule has 0 amide bonds. The molecule has 0 aliphatic heterocycles. The molecule has 0 saturated heterocycles. The van der Waals surface area contributed by atoms with Crippen LogP contribution in [-0.2, 0) is 4.74 Å². The smallest absolute Gasteiger partial charge is 0.339 e. The van der Waals surface area contributed by atoms with Crippen molar-refractivity contribution in [1.29, 1.82) is 0 Å². The third kappa shape index (κ3) is 2.28. The lowest BCUT2D eigenvalue weighted by atomic mass is 10.2. The topological polar surface area (TPSA) is 81.4 Å². The summed E-state index contributed by atoms with van der Waals surface area (Å²) in [7, 11) is 1.36. The van der Waals surface area contributed by atoms with E-state index >= 15 is 0 Å². The Labute approximate surface area is 140 Å². The number of aromatic nitrogens is 4. The Morgan fingerprint density at radius 3 is 2.96 bits per heavy atom. The van der Waals surface area contributed by atoms with Crippen LogP contribution in [0, 0.1) is 6.92 Å². The van der Waals surface area contributed by atoms with E-state index in [4.69, 9.17) is 4.74 Å². The molecule has 0 saturated carbocycles. The molecule has 0 fully saturated rings. The van der Waals surface area contributed by atoms with Crippen LogP contribution in [0.5, 0.6) is 0 Å². The van der Waals surface area contributed by atoms with Crippen molar-refractivity contribution in [3.05, 3.63) is 47.9 Å². The molecular weight excluding hydrogens is 326 g/mol. The fourth-order valence-electron chi connectivity index (χ4n) is 2.59. The molecule has 24 heavy (non-hydrogen) atoms. The number of hydrogen-bond acceptors (Lipinski definition) is 7. The highest BCUT2D eigenvalue weighted by molar-refractivity contribution is 7.22. The van der Waals surface area contributed by atoms with Crippen LogP contribution >= 0.6 is 11.3 Å². The molecule has 8 heteroatoms. The number of anilines is 2. The van der Waals surface area contributed by atoms with Crippen molar-refractivity contribution >= 4 is 44.0 Å². The zero-order valence-electron chi connectivity index (χ0n) is 13.0. The van der Waals surface area contributed by atoms with Crippen LogP contribution in [0.25, 0.3) is 15.7 Å². The standard InChI is InChI=1S/C16H13N5O2S/c1-9-10(15(22)23-2)7-21-13(9)14(17-8-18-21)20-16-19-11-5-3-4-6-12(11)24-16/h3-8H,1-2H3,(H,17,18,19,20). The number of fused-ring (bicyclic) bond motifs is 2. The molecule has 7 nitrogen and oxygen atoms in total. The zero-order valence-corrected chi connectivity index (χ0v) is 13.8. The molecule has 0 unspecified atom stereocenters. The third-order valence-corrected chi connectivity index (χ3v) is 4.70. The first-order valence-electron chi connectivity index (χ1n) is 7.21. The van der Waals surface area contributed by atoms with E-state index in [-0.39, 0.29) is 0 Å². The minimum Gasteiger partial charge on any atom is -0.465 e. The van der Waals surface area contributed by atoms with E-state index in [1.807, 2.05) is 31.2 Å². The average Bonchev–Trinajstić information content (AvgIpc) is 3.15. The first-order valence-corrected chi connectivity index (χ1v) is 8.03. The molecule has 1 aromatic carbocycles. The van der Waals surface area contributed by atoms with Gasteiger partial charge in [-0.05, 0) is 24.6 Å². The van der Waals surface area contributed by atoms with E-state index in [0.717, 1.165) is 26.4 Å². The van der Waals surface area contributed by atoms with Crippen LogP contribution in [0.4, 0.5) is 10.9 Å². The monoisotopic (exact) mass is 339 g/mol. The van der Waals surface area contributed by atoms with E-state index in [1.165, 1.54) is 13.4 Å². The van der Waals surface area contributed by atoms with Gasteiger partial charge in [0.05, 0.1) is 22.9 Å². The van der Waals surface area contributed by atoms with Crippen molar-refractivity contribution in [3.8, 4) is 0 Å². The second kappa shape index (κ2) is 5.57. The first kappa shape index (κ1) is 14.6. The molecule has 0 aliphatic rings. The molecule has 0 aliphatic carbocycles. The minimum atomic E-state index is -0.399. The molecule has 3 aromatic heterocycles. The Hall–Kier alpha value is -3.00. The van der Waals surface area contributed by atoms with Gasteiger partial charge < -0.3 is 10.1 Å². The number of benzene rings is 1. The molecule has 120 valence electrons. The number of hydrogen-bond donors (Lipinski definition) is 1. The summed E-state index contributed by atoms with van der Waals surface area (Å²) in [6, 6.07) is 7.91. The number of nitrogens with zero attached hydrogens (tertiary/aromatic N) is 4. The van der Waals surface area contributed by atoms with Crippen molar-refractivity contribution in [2.45, 2.75) is 6.92 Å². The van der Waals surface area contributed by atoms with Crippen molar-refractivity contribution in [2.75, 3.05) is 12.4 Å². The highest BCUT2D eigenvalue weighted by Gasteiger charge is 2.18. The number of thiazole rings is 1. The molecular formula is C16H13N5O2S. The summed E-state index contributed by atoms with van der Waals surface area (Å²) in [5, 5.41) is 8.13. The summed E-state index contributed by atoms with van der Waals surface area (Å²) >= 11 is 1.54. The summed E-state index contributed by atoms with van der Waals surface area (Å²) < 4.78 is 7.52. The molecule has 0 bridgehead atoms. The van der Waals surface area contributed by atoms with E-state index < -0.39 is 5.97 Å². The summed E-state index contributed by atoms with van der Waals surface area (Å²) in [5.74, 6) is 0.195. The number of carbonyl (C=O) groups is 1. The van der Waals surface area contributed by atoms with E-state index in [1.54, 1.807) is 22.0 Å². The second-order valence-electron chi connectivity index (χ2n) is 5.17. The molecule has 4 rings (SSSR count). The van der Waals surface area contributed by atoms with Gasteiger partial charge in [0.15, 0.2) is 10.9 Å². The SMILES string of the molecule is COC(=O)c1cn2ncnc(Nc3nc4ccccc4s3)c2c1C. The second-order valence-corrected chi connectivity index (χ2v) is 6.20. The predicted molar refractivity (Wildman–Crippen MR) is 92.0 cm³/mol. The fraction of sp³-hybridized carbons (Fsp3) is 0.125. The van der Waals surface area contributed by atoms with Gasteiger partial charge in [-0.15, -0.1) is 0 Å². The van der Waals surface area contributed by atoms with Crippen molar-refractivity contribution in [3.63, 3.8) is 0 Å². The Bertz CT molecular complexity index is 1040. The molecule has 3 heterocycles. The highest BCUT2D eigenvalue weighted by atomic mass is 32.1. The number of nitrogens with one attached hydrogen (secondary N) is 1. The van der Waals surface area contributed by atoms with Gasteiger partial charge in [-0.2, -0.15) is 5.10 Å². The van der Waals surface area contributed by atoms with Crippen LogP contribution in [0.3, 0.4) is 0 Å². The highest BCUT2D eigenvalue weighted by Crippen LogP contribution is 2.30. The molecule has 4 aromatic rings. The number of rotatable bonds is 3. The number of carbonyl (C=O) groups excluding carboxylic acids is 1. The first-order chi connectivity index (χ1) is 11.7. The largest absolute Gasteiger partial charge is 0.465 e. The summed E-state index contributed by atoms with van der Waals surface area (Å²) in [5.41, 5.74) is 2.87. The van der Waals surface area contributed by atoms with Crippen molar-refractivity contribution < 1.29 is 9.53 Å². The summed E-state index contributed by atoms with van der Waals surface area (Å²) in [6.45, 7) is 1.84. The van der Waals surface area contributed by atoms with Crippen LogP contribution < -0.4 is 5.32 Å². The third-order valence-electron chi connectivity index (χ3n) is 3.75. The van der Waals surface area contributed by atoms with E-state index in [0.29, 0.717) is 11.4 Å². The Kier molecular flexibility index (Phi) is 3.39. The zero-order chi connectivity index (χ0) is 16.7. The molecule has 0 atom stereocenters. The molecule has 0 spiro atoms. The number of methoxy groups -OCH3 is 1. The maximum absolute atomic E-state index is 11.9. The van der Waals surface area contributed by atoms with Gasteiger partial charge in [0.25, 0.3) is 0 Å². The van der Waals surface area contributed by atoms with Crippen molar-refractivity contribution in [1.82, 2.24) is 19.6 Å². The van der Waals surface area contributed by atoms with Crippen LogP contribution in [0.15, 0.2) is 36.8 Å². The Balaban J connectivity index is 1.81. The lowest BCUT2D eigenvalue weighted by molar-refractivity contribution is 0.0600. The van der Waals surface area contributed by atoms with Gasteiger partial charge in [0, 0.05) is 6.20 Å². The van der Waals surface area contributed by atoms with Crippen LogP contribution in [0.1, 0.15) is 15.9 Å². The van der Waals surface area contributed by atoms with Gasteiger partial charge in [0.1, 0.15) is 11.8 Å². The van der Waals surface area contributed by atoms with Gasteiger partial charge >= 0.3 is 5.97 Å². The lowest BCUT2D eigenvalue weighted by Crippen LogP contribution is -2.01. The lowest BCUT2D eigenvalue weighted by Gasteiger charge is -2.04. The number of para-hydroxylation sites is 1. The van der Waals surface area contributed by atoms with Crippen LogP contribution in [-0.4, -0.2) is 32.7 Å². The fourth-order valence-corrected chi connectivity index (χ4v) is 3.46.